The Labute approximate surface area is 77.4 Å². The molecule has 0 spiro atoms. The zero-order valence-electron chi connectivity index (χ0n) is 7.76. The van der Waals surface area contributed by atoms with Gasteiger partial charge < -0.3 is 0 Å². The topological polar surface area (TPSA) is 17.1 Å². The van der Waals surface area contributed by atoms with Crippen LogP contribution in [0.5, 0.6) is 0 Å². The van der Waals surface area contributed by atoms with Gasteiger partial charge in [0.2, 0.25) is 0 Å². The first-order valence-electron chi connectivity index (χ1n) is 4.19. The average molecular weight is 182 g/mol. The van der Waals surface area contributed by atoms with Crippen LogP contribution in [0.4, 0.5) is 0 Å². The second-order valence-corrected chi connectivity index (χ2v) is 4.59. The zero-order valence-corrected chi connectivity index (χ0v) is 8.57. The normalized spacial score (nSPS) is 10.7. The van der Waals surface area contributed by atoms with Gasteiger partial charge in [-0.15, -0.1) is 11.3 Å². The van der Waals surface area contributed by atoms with Crippen LogP contribution in [0.2, 0.25) is 0 Å². The molecule has 0 aliphatic heterocycles. The summed E-state index contributed by atoms with van der Waals surface area (Å²) < 4.78 is 0. The summed E-state index contributed by atoms with van der Waals surface area (Å²) in [5, 5.41) is 0. The van der Waals surface area contributed by atoms with Gasteiger partial charge in [0, 0.05) is 4.88 Å². The van der Waals surface area contributed by atoms with E-state index in [1.54, 1.807) is 18.3 Å². The van der Waals surface area contributed by atoms with Gasteiger partial charge in [0.15, 0.2) is 5.78 Å². The summed E-state index contributed by atoms with van der Waals surface area (Å²) in [6.07, 6.45) is 1.08. The van der Waals surface area contributed by atoms with Crippen molar-refractivity contribution in [2.75, 3.05) is 0 Å². The van der Waals surface area contributed by atoms with Crippen molar-refractivity contribution in [3.63, 3.8) is 0 Å². The quantitative estimate of drug-likeness (QED) is 0.656. The fourth-order valence-corrected chi connectivity index (χ4v) is 2.19. The Bertz CT molecular complexity index is 273. The molecule has 0 unspecified atom stereocenters. The molecule has 0 bridgehead atoms. The third kappa shape index (κ3) is 2.45. The van der Waals surface area contributed by atoms with Gasteiger partial charge in [0.1, 0.15) is 0 Å². The molecule has 1 aromatic rings. The number of hydrogen-bond donors (Lipinski definition) is 0. The van der Waals surface area contributed by atoms with E-state index in [0.717, 1.165) is 11.3 Å². The molecule has 1 aromatic heterocycles. The summed E-state index contributed by atoms with van der Waals surface area (Å²) in [5.74, 6) is 0.846. The lowest BCUT2D eigenvalue weighted by molar-refractivity contribution is 0.102. The van der Waals surface area contributed by atoms with Crippen molar-refractivity contribution in [1.82, 2.24) is 0 Å². The van der Waals surface area contributed by atoms with Gasteiger partial charge in [-0.2, -0.15) is 0 Å². The Morgan fingerprint density at radius 3 is 2.58 bits per heavy atom. The van der Waals surface area contributed by atoms with Crippen molar-refractivity contribution in [3.8, 4) is 0 Å². The molecule has 0 aromatic carbocycles. The van der Waals surface area contributed by atoms with Crippen molar-refractivity contribution in [2.45, 2.75) is 27.2 Å². The second-order valence-electron chi connectivity index (χ2n) is 3.42. The van der Waals surface area contributed by atoms with Crippen molar-refractivity contribution in [2.24, 2.45) is 5.92 Å². The number of carbonyl (C=O) groups is 1. The minimum atomic E-state index is 0.176. The second kappa shape index (κ2) is 3.85. The van der Waals surface area contributed by atoms with Crippen LogP contribution in [-0.4, -0.2) is 5.78 Å². The van der Waals surface area contributed by atoms with E-state index < -0.39 is 0 Å². The van der Waals surface area contributed by atoms with Gasteiger partial charge in [0.05, 0.1) is 4.88 Å². The molecule has 12 heavy (non-hydrogen) atoms. The molecular formula is C10H14OS. The number of carbonyl (C=O) groups excluding carboxylic acids is 1. The Hall–Kier alpha value is -0.630. The van der Waals surface area contributed by atoms with Crippen molar-refractivity contribution < 1.29 is 4.79 Å². The monoisotopic (exact) mass is 182 g/mol. The van der Waals surface area contributed by atoms with E-state index in [0.29, 0.717) is 5.92 Å². The van der Waals surface area contributed by atoms with Gasteiger partial charge in [0.25, 0.3) is 0 Å². The highest BCUT2D eigenvalue weighted by molar-refractivity contribution is 7.14. The molecule has 1 nitrogen and oxygen atoms in total. The van der Waals surface area contributed by atoms with Crippen LogP contribution in [0.1, 0.15) is 35.3 Å². The number of hydrogen-bond acceptors (Lipinski definition) is 2. The van der Waals surface area contributed by atoms with Crippen LogP contribution in [0.15, 0.2) is 12.1 Å². The van der Waals surface area contributed by atoms with Crippen molar-refractivity contribution >= 4 is 17.1 Å². The first-order valence-corrected chi connectivity index (χ1v) is 5.01. The van der Waals surface area contributed by atoms with E-state index in [4.69, 9.17) is 0 Å². The minimum absolute atomic E-state index is 0.176. The molecule has 0 aliphatic carbocycles. The summed E-state index contributed by atoms with van der Waals surface area (Å²) in [5.41, 5.74) is 0. The maximum Gasteiger partial charge on any atom is 0.169 e. The highest BCUT2D eigenvalue weighted by atomic mass is 32.1. The lowest BCUT2D eigenvalue weighted by Gasteiger charge is -1.99. The third-order valence-electron chi connectivity index (χ3n) is 1.62. The molecule has 0 N–H and O–H groups in total. The lowest BCUT2D eigenvalue weighted by Crippen LogP contribution is -1.89. The molecule has 0 atom stereocenters. The van der Waals surface area contributed by atoms with E-state index >= 15 is 0 Å². The smallest absolute Gasteiger partial charge is 0.169 e. The van der Waals surface area contributed by atoms with Crippen LogP contribution in [0, 0.1) is 5.92 Å². The first kappa shape index (κ1) is 9.46. The third-order valence-corrected chi connectivity index (χ3v) is 2.83. The molecule has 0 amide bonds. The molecule has 66 valence electrons. The molecule has 0 radical (unpaired) electrons. The number of rotatable bonds is 3. The first-order chi connectivity index (χ1) is 5.59. The van der Waals surface area contributed by atoms with Crippen molar-refractivity contribution in [3.05, 3.63) is 21.9 Å². The number of Topliss-reactive ketones (excluding diaryl/α,β-unsaturated/α-hetero) is 1. The Balaban J connectivity index is 2.71. The number of thiophene rings is 1. The Morgan fingerprint density at radius 2 is 2.17 bits per heavy atom. The fraction of sp³-hybridized carbons (Fsp3) is 0.500. The molecule has 0 saturated carbocycles. The molecule has 1 heterocycles. The maximum absolute atomic E-state index is 11.0. The predicted molar refractivity (Wildman–Crippen MR) is 52.9 cm³/mol. The zero-order chi connectivity index (χ0) is 9.14. The van der Waals surface area contributed by atoms with E-state index in [9.17, 15) is 4.79 Å². The van der Waals surface area contributed by atoms with Crippen LogP contribution >= 0.6 is 11.3 Å². The molecule has 0 fully saturated rings. The van der Waals surface area contributed by atoms with Crippen molar-refractivity contribution in [1.29, 1.82) is 0 Å². The summed E-state index contributed by atoms with van der Waals surface area (Å²) in [6, 6.07) is 3.98. The van der Waals surface area contributed by atoms with E-state index in [1.807, 2.05) is 6.07 Å². The molecule has 1 rings (SSSR count). The Kier molecular flexibility index (Phi) is 3.04. The van der Waals surface area contributed by atoms with Gasteiger partial charge in [-0.25, -0.2) is 0 Å². The maximum atomic E-state index is 11.0. The molecular weight excluding hydrogens is 168 g/mol. The SMILES string of the molecule is CC(=O)c1ccc(CC(C)C)s1. The van der Waals surface area contributed by atoms with Crippen LogP contribution in [0.3, 0.4) is 0 Å². The van der Waals surface area contributed by atoms with E-state index in [2.05, 4.69) is 19.9 Å². The number of ketones is 1. The van der Waals surface area contributed by atoms with E-state index in [1.165, 1.54) is 4.88 Å². The lowest BCUT2D eigenvalue weighted by atomic mass is 10.1. The summed E-state index contributed by atoms with van der Waals surface area (Å²) in [4.78, 5) is 13.2. The molecule has 0 aliphatic rings. The van der Waals surface area contributed by atoms with Gasteiger partial charge in [-0.3, -0.25) is 4.79 Å². The van der Waals surface area contributed by atoms with Gasteiger partial charge in [-0.05, 0) is 31.4 Å². The van der Waals surface area contributed by atoms with E-state index in [-0.39, 0.29) is 5.78 Å². The summed E-state index contributed by atoms with van der Waals surface area (Å²) >= 11 is 1.62. The highest BCUT2D eigenvalue weighted by Gasteiger charge is 2.04. The average Bonchev–Trinajstić information content (AvgIpc) is 2.34. The summed E-state index contributed by atoms with van der Waals surface area (Å²) in [6.45, 7) is 5.99. The Morgan fingerprint density at radius 1 is 1.50 bits per heavy atom. The van der Waals surface area contributed by atoms with Crippen LogP contribution < -0.4 is 0 Å². The van der Waals surface area contributed by atoms with Crippen LogP contribution in [0.25, 0.3) is 0 Å². The largest absolute Gasteiger partial charge is 0.294 e. The summed E-state index contributed by atoms with van der Waals surface area (Å²) in [7, 11) is 0. The minimum Gasteiger partial charge on any atom is -0.294 e. The standard InChI is InChI=1S/C10H14OS/c1-7(2)6-9-4-5-10(12-9)8(3)11/h4-5,7H,6H2,1-3H3. The molecule has 0 saturated heterocycles. The fourth-order valence-electron chi connectivity index (χ4n) is 1.08. The molecule has 2 heteroatoms. The van der Waals surface area contributed by atoms with Crippen LogP contribution in [-0.2, 0) is 6.42 Å². The highest BCUT2D eigenvalue weighted by Crippen LogP contribution is 2.19. The predicted octanol–water partition coefficient (Wildman–Crippen LogP) is 3.15. The van der Waals surface area contributed by atoms with Gasteiger partial charge in [-0.1, -0.05) is 13.8 Å². The van der Waals surface area contributed by atoms with Gasteiger partial charge >= 0.3 is 0 Å².